The van der Waals surface area contributed by atoms with E-state index in [4.69, 9.17) is 9.84 Å². The largest absolute Gasteiger partial charge is 0.481 e. The first-order chi connectivity index (χ1) is 14.2. The number of aliphatic carboxylic acids is 1. The molecule has 0 unspecified atom stereocenters. The van der Waals surface area contributed by atoms with Crippen LogP contribution in [0.1, 0.15) is 149 Å². The number of hydrogen-bond acceptors (Lipinski definition) is 2. The van der Waals surface area contributed by atoms with Gasteiger partial charge in [-0.1, -0.05) is 129 Å². The van der Waals surface area contributed by atoms with Crippen molar-refractivity contribution in [1.29, 1.82) is 0 Å². The van der Waals surface area contributed by atoms with Crippen LogP contribution in [0.5, 0.6) is 0 Å². The number of unbranched alkanes of at least 4 members (excludes halogenated alkanes) is 17. The number of carboxylic acids is 1. The molecule has 0 radical (unpaired) electrons. The molecule has 0 heterocycles. The van der Waals surface area contributed by atoms with Crippen LogP contribution < -0.4 is 0 Å². The molecule has 1 N–H and O–H groups in total. The van der Waals surface area contributed by atoms with Crippen LogP contribution in [0, 0.1) is 0 Å². The van der Waals surface area contributed by atoms with Crippen LogP contribution in [0.3, 0.4) is 0 Å². The van der Waals surface area contributed by atoms with Crippen LogP contribution in [0.2, 0.25) is 0 Å². The Morgan fingerprint density at radius 2 is 1.00 bits per heavy atom. The van der Waals surface area contributed by atoms with Crippen LogP contribution in [0.15, 0.2) is 0 Å². The molecular formula is C26H53ClO3. The van der Waals surface area contributed by atoms with Crippen molar-refractivity contribution < 1.29 is 14.6 Å². The number of hydrogen-bond donors (Lipinski definition) is 1. The van der Waals surface area contributed by atoms with Crippen LogP contribution in [0.4, 0.5) is 0 Å². The molecule has 4 heteroatoms. The summed E-state index contributed by atoms with van der Waals surface area (Å²) >= 11 is 0. The minimum absolute atomic E-state index is 0. The van der Waals surface area contributed by atoms with Gasteiger partial charge in [-0.15, -0.1) is 12.4 Å². The molecule has 0 rings (SSSR count). The Morgan fingerprint density at radius 1 is 0.633 bits per heavy atom. The van der Waals surface area contributed by atoms with Crippen LogP contribution in [-0.2, 0) is 9.53 Å². The second-order valence-electron chi connectivity index (χ2n) is 8.89. The third-order valence-electron chi connectivity index (χ3n) is 5.88. The molecule has 0 aliphatic carbocycles. The Kier molecular flexibility index (Phi) is 28.5. The fraction of sp³-hybridized carbons (Fsp3) is 0.962. The summed E-state index contributed by atoms with van der Waals surface area (Å²) in [5.41, 5.74) is 0. The van der Waals surface area contributed by atoms with Crippen molar-refractivity contribution in [3.63, 3.8) is 0 Å². The lowest BCUT2D eigenvalue weighted by Gasteiger charge is -2.16. The van der Waals surface area contributed by atoms with Crippen molar-refractivity contribution >= 4 is 18.4 Å². The van der Waals surface area contributed by atoms with E-state index in [2.05, 4.69) is 13.8 Å². The number of ether oxygens (including phenoxy) is 1. The molecular weight excluding hydrogens is 396 g/mol. The lowest BCUT2D eigenvalue weighted by molar-refractivity contribution is -0.140. The molecule has 0 aromatic heterocycles. The topological polar surface area (TPSA) is 46.5 Å². The molecule has 0 spiro atoms. The molecule has 0 aromatic rings. The van der Waals surface area contributed by atoms with E-state index in [-0.39, 0.29) is 24.9 Å². The van der Waals surface area contributed by atoms with E-state index in [9.17, 15) is 4.79 Å². The normalized spacial score (nSPS) is 11.9. The Bertz CT molecular complexity index is 336. The van der Waals surface area contributed by atoms with Gasteiger partial charge in [0.05, 0.1) is 12.5 Å². The van der Waals surface area contributed by atoms with Crippen molar-refractivity contribution in [3.8, 4) is 0 Å². The molecule has 0 saturated carbocycles. The van der Waals surface area contributed by atoms with Gasteiger partial charge < -0.3 is 9.84 Å². The average molecular weight is 449 g/mol. The summed E-state index contributed by atoms with van der Waals surface area (Å²) < 4.78 is 5.92. The molecule has 0 aliphatic rings. The van der Waals surface area contributed by atoms with Gasteiger partial charge in [0.25, 0.3) is 0 Å². The maximum absolute atomic E-state index is 11.1. The summed E-state index contributed by atoms with van der Waals surface area (Å²) in [4.78, 5) is 11.1. The summed E-state index contributed by atoms with van der Waals surface area (Å²) in [6.45, 7) is 5.25. The van der Waals surface area contributed by atoms with Gasteiger partial charge in [-0.05, 0) is 12.8 Å². The summed E-state index contributed by atoms with van der Waals surface area (Å²) in [6.07, 6.45) is 25.8. The van der Waals surface area contributed by atoms with Gasteiger partial charge >= 0.3 is 5.97 Å². The number of carbonyl (C=O) groups is 1. The number of rotatable bonds is 24. The Morgan fingerprint density at radius 3 is 1.40 bits per heavy atom. The highest BCUT2D eigenvalue weighted by Crippen LogP contribution is 2.15. The highest BCUT2D eigenvalue weighted by atomic mass is 35.5. The second kappa shape index (κ2) is 26.8. The highest BCUT2D eigenvalue weighted by Gasteiger charge is 2.13. The summed E-state index contributed by atoms with van der Waals surface area (Å²) in [7, 11) is 0. The van der Waals surface area contributed by atoms with Gasteiger partial charge in [-0.2, -0.15) is 0 Å². The van der Waals surface area contributed by atoms with E-state index in [0.29, 0.717) is 0 Å². The molecule has 0 saturated heterocycles. The number of carboxylic acid groups (broad SMARTS) is 1. The molecule has 0 amide bonds. The van der Waals surface area contributed by atoms with E-state index in [1.54, 1.807) is 0 Å². The maximum atomic E-state index is 11.1. The molecule has 0 aromatic carbocycles. The van der Waals surface area contributed by atoms with Crippen LogP contribution in [-0.4, -0.2) is 23.8 Å². The minimum atomic E-state index is -0.728. The van der Waals surface area contributed by atoms with E-state index >= 15 is 0 Å². The number of halogens is 1. The van der Waals surface area contributed by atoms with E-state index < -0.39 is 5.97 Å². The van der Waals surface area contributed by atoms with Gasteiger partial charge in [0, 0.05) is 6.61 Å². The van der Waals surface area contributed by atoms with Crippen LogP contribution >= 0.6 is 12.4 Å². The zero-order valence-corrected chi connectivity index (χ0v) is 21.1. The summed E-state index contributed by atoms with van der Waals surface area (Å²) in [5.74, 6) is -0.728. The predicted molar refractivity (Wildman–Crippen MR) is 133 cm³/mol. The van der Waals surface area contributed by atoms with Crippen molar-refractivity contribution in [1.82, 2.24) is 0 Å². The standard InChI is InChI=1S/C26H52O3.ClH/c1-3-5-7-9-11-13-15-17-19-21-23-29-25(24-26(27)28)22-20-18-16-14-12-10-8-6-4-2;/h25H,3-24H2,1-2H3,(H,27,28);1H/t25-;/m1./s1. The first-order valence-electron chi connectivity index (χ1n) is 13.0. The van der Waals surface area contributed by atoms with E-state index in [0.717, 1.165) is 25.9 Å². The molecule has 1 atom stereocenters. The molecule has 3 nitrogen and oxygen atoms in total. The monoisotopic (exact) mass is 448 g/mol. The fourth-order valence-corrected chi connectivity index (χ4v) is 3.96. The first kappa shape index (κ1) is 31.9. The SMILES string of the molecule is CCCCCCCCCCCCO[C@H](CCCCCCCCCCC)CC(=O)O.Cl. The Balaban J connectivity index is 0. The van der Waals surface area contributed by atoms with Gasteiger partial charge in [-0.3, -0.25) is 4.79 Å². The predicted octanol–water partition coefficient (Wildman–Crippen LogP) is 9.11. The van der Waals surface area contributed by atoms with Crippen molar-refractivity contribution in [2.24, 2.45) is 0 Å². The van der Waals surface area contributed by atoms with Gasteiger partial charge in [-0.25, -0.2) is 0 Å². The Labute approximate surface area is 194 Å². The summed E-state index contributed by atoms with van der Waals surface area (Å²) in [6, 6.07) is 0. The average Bonchev–Trinajstić information content (AvgIpc) is 2.70. The highest BCUT2D eigenvalue weighted by molar-refractivity contribution is 5.85. The minimum Gasteiger partial charge on any atom is -0.481 e. The first-order valence-corrected chi connectivity index (χ1v) is 13.0. The van der Waals surface area contributed by atoms with Gasteiger partial charge in [0.1, 0.15) is 0 Å². The lowest BCUT2D eigenvalue weighted by Crippen LogP contribution is -2.18. The molecule has 0 bridgehead atoms. The molecule has 182 valence electrons. The van der Waals surface area contributed by atoms with Crippen LogP contribution in [0.25, 0.3) is 0 Å². The van der Waals surface area contributed by atoms with Crippen molar-refractivity contribution in [2.75, 3.05) is 6.61 Å². The van der Waals surface area contributed by atoms with Crippen molar-refractivity contribution in [2.45, 2.75) is 155 Å². The van der Waals surface area contributed by atoms with Gasteiger partial charge in [0.15, 0.2) is 0 Å². The second-order valence-corrected chi connectivity index (χ2v) is 8.89. The van der Waals surface area contributed by atoms with Crippen molar-refractivity contribution in [3.05, 3.63) is 0 Å². The third kappa shape index (κ3) is 25.8. The molecule has 30 heavy (non-hydrogen) atoms. The molecule has 0 aliphatic heterocycles. The fourth-order valence-electron chi connectivity index (χ4n) is 3.96. The van der Waals surface area contributed by atoms with E-state index in [1.165, 1.54) is 109 Å². The smallest absolute Gasteiger partial charge is 0.305 e. The quantitative estimate of drug-likeness (QED) is 0.150. The lowest BCUT2D eigenvalue weighted by atomic mass is 10.0. The summed E-state index contributed by atoms with van der Waals surface area (Å²) in [5, 5.41) is 9.12. The zero-order valence-electron chi connectivity index (χ0n) is 20.3. The van der Waals surface area contributed by atoms with E-state index in [1.807, 2.05) is 0 Å². The third-order valence-corrected chi connectivity index (χ3v) is 5.88. The Hall–Kier alpha value is -0.280. The molecule has 0 fully saturated rings. The zero-order chi connectivity index (χ0) is 21.4. The van der Waals surface area contributed by atoms with Gasteiger partial charge in [0.2, 0.25) is 0 Å². The maximum Gasteiger partial charge on any atom is 0.305 e.